The molecular formula is C10H5ClN2O4. The molecule has 0 fully saturated rings. The predicted octanol–water partition coefficient (Wildman–Crippen LogP) is 1.70. The van der Waals surface area contributed by atoms with Gasteiger partial charge in [-0.1, -0.05) is 0 Å². The van der Waals surface area contributed by atoms with Crippen molar-refractivity contribution in [2.75, 3.05) is 5.88 Å². The Balaban J connectivity index is 3.64. The van der Waals surface area contributed by atoms with Gasteiger partial charge in [0.1, 0.15) is 17.9 Å². The Morgan fingerprint density at radius 2 is 2.24 bits per heavy atom. The lowest BCUT2D eigenvalue weighted by Gasteiger charge is -2.02. The van der Waals surface area contributed by atoms with Crippen molar-refractivity contribution in [3.63, 3.8) is 0 Å². The van der Waals surface area contributed by atoms with Gasteiger partial charge < -0.3 is 0 Å². The second-order valence-electron chi connectivity index (χ2n) is 3.01. The molecule has 0 spiro atoms. The minimum atomic E-state index is -0.840. The van der Waals surface area contributed by atoms with E-state index >= 15 is 0 Å². The molecule has 0 aliphatic rings. The van der Waals surface area contributed by atoms with Gasteiger partial charge in [0.15, 0.2) is 5.78 Å². The highest BCUT2D eigenvalue weighted by Gasteiger charge is 2.25. The van der Waals surface area contributed by atoms with Crippen LogP contribution in [0.5, 0.6) is 0 Å². The van der Waals surface area contributed by atoms with Crippen LogP contribution in [0.2, 0.25) is 0 Å². The highest BCUT2D eigenvalue weighted by atomic mass is 35.5. The minimum absolute atomic E-state index is 0.0145. The molecule has 1 aromatic rings. The quantitative estimate of drug-likeness (QED) is 0.267. The summed E-state index contributed by atoms with van der Waals surface area (Å²) in [5.74, 6) is -1.17. The van der Waals surface area contributed by atoms with Gasteiger partial charge in [-0.05, 0) is 12.1 Å². The number of hydrogen-bond donors (Lipinski definition) is 0. The van der Waals surface area contributed by atoms with E-state index in [9.17, 15) is 19.7 Å². The van der Waals surface area contributed by atoms with Gasteiger partial charge in [-0.25, -0.2) is 0 Å². The molecule has 0 saturated carbocycles. The van der Waals surface area contributed by atoms with Crippen LogP contribution in [0.1, 0.15) is 26.3 Å². The Labute approximate surface area is 101 Å². The third kappa shape index (κ3) is 2.46. The van der Waals surface area contributed by atoms with Crippen LogP contribution in [0.3, 0.4) is 0 Å². The Morgan fingerprint density at radius 1 is 1.59 bits per heavy atom. The number of nitriles is 1. The molecule has 0 radical (unpaired) electrons. The zero-order valence-electron chi connectivity index (χ0n) is 8.34. The fourth-order valence-electron chi connectivity index (χ4n) is 1.29. The fourth-order valence-corrected chi connectivity index (χ4v) is 1.44. The van der Waals surface area contributed by atoms with E-state index in [2.05, 4.69) is 0 Å². The van der Waals surface area contributed by atoms with E-state index in [0.717, 1.165) is 12.1 Å². The van der Waals surface area contributed by atoms with E-state index in [-0.39, 0.29) is 16.7 Å². The fraction of sp³-hybridized carbons (Fsp3) is 0.100. The smallest absolute Gasteiger partial charge is 0.297 e. The maximum absolute atomic E-state index is 11.4. The van der Waals surface area contributed by atoms with Crippen molar-refractivity contribution in [3.05, 3.63) is 38.9 Å². The molecule has 0 atom stereocenters. The number of rotatable bonds is 4. The van der Waals surface area contributed by atoms with Gasteiger partial charge in [-0.15, -0.1) is 11.6 Å². The number of aldehydes is 1. The number of Topliss-reactive ketones (excluding diaryl/α,β-unsaturated/α-hetero) is 1. The van der Waals surface area contributed by atoms with Gasteiger partial charge in [-0.2, -0.15) is 5.26 Å². The first-order valence-electron chi connectivity index (χ1n) is 4.32. The highest BCUT2D eigenvalue weighted by Crippen LogP contribution is 2.25. The zero-order valence-corrected chi connectivity index (χ0v) is 9.10. The van der Waals surface area contributed by atoms with Gasteiger partial charge in [0.05, 0.1) is 16.4 Å². The Morgan fingerprint density at radius 3 is 2.65 bits per heavy atom. The summed E-state index contributed by atoms with van der Waals surface area (Å²) in [5, 5.41) is 19.5. The Bertz CT molecular complexity index is 548. The van der Waals surface area contributed by atoms with E-state index in [1.54, 1.807) is 6.07 Å². The number of carbonyl (C=O) groups is 2. The van der Waals surface area contributed by atoms with E-state index < -0.39 is 22.3 Å². The monoisotopic (exact) mass is 252 g/mol. The van der Waals surface area contributed by atoms with Gasteiger partial charge >= 0.3 is 0 Å². The van der Waals surface area contributed by atoms with Crippen LogP contribution in [-0.4, -0.2) is 22.9 Å². The average molecular weight is 253 g/mol. The van der Waals surface area contributed by atoms with Crippen molar-refractivity contribution in [2.45, 2.75) is 0 Å². The molecule has 17 heavy (non-hydrogen) atoms. The molecule has 0 heterocycles. The first-order chi connectivity index (χ1) is 8.04. The van der Waals surface area contributed by atoms with Crippen molar-refractivity contribution >= 4 is 29.4 Å². The van der Waals surface area contributed by atoms with Crippen molar-refractivity contribution in [3.8, 4) is 6.07 Å². The molecule has 0 unspecified atom stereocenters. The number of hydrogen-bond acceptors (Lipinski definition) is 5. The number of alkyl halides is 1. The summed E-state index contributed by atoms with van der Waals surface area (Å²) < 4.78 is 0. The third-order valence-electron chi connectivity index (χ3n) is 1.99. The summed E-state index contributed by atoms with van der Waals surface area (Å²) in [5.41, 5.74) is -1.27. The predicted molar refractivity (Wildman–Crippen MR) is 58.2 cm³/mol. The molecule has 0 amide bonds. The van der Waals surface area contributed by atoms with Crippen LogP contribution in [0.25, 0.3) is 0 Å². The maximum Gasteiger partial charge on any atom is 0.297 e. The average Bonchev–Trinajstić information content (AvgIpc) is 2.35. The first kappa shape index (κ1) is 12.8. The maximum atomic E-state index is 11.4. The summed E-state index contributed by atoms with van der Waals surface area (Å²) in [6.07, 6.45) is 0.398. The standard InChI is InChI=1S/C10H5ClN2O4/c11-3-9(15)8-2-6(5-14)1-7(4-12)10(8)13(16)17/h1-2,5H,3H2. The van der Waals surface area contributed by atoms with Gasteiger partial charge in [0.25, 0.3) is 5.69 Å². The summed E-state index contributed by atoms with van der Waals surface area (Å²) in [6, 6.07) is 3.68. The lowest BCUT2D eigenvalue weighted by molar-refractivity contribution is -0.385. The van der Waals surface area contributed by atoms with Crippen LogP contribution in [0.15, 0.2) is 12.1 Å². The number of benzene rings is 1. The van der Waals surface area contributed by atoms with Gasteiger partial charge in [0, 0.05) is 5.56 Å². The van der Waals surface area contributed by atoms with Crippen molar-refractivity contribution < 1.29 is 14.5 Å². The van der Waals surface area contributed by atoms with Gasteiger partial charge in [0.2, 0.25) is 0 Å². The minimum Gasteiger partial charge on any atom is -0.298 e. The van der Waals surface area contributed by atoms with E-state index in [4.69, 9.17) is 16.9 Å². The lowest BCUT2D eigenvalue weighted by atomic mass is 10.0. The van der Waals surface area contributed by atoms with Crippen LogP contribution in [0.4, 0.5) is 5.69 Å². The Kier molecular flexibility index (Phi) is 3.91. The molecule has 0 N–H and O–H groups in total. The summed E-state index contributed by atoms with van der Waals surface area (Å²) in [6.45, 7) is 0. The molecular weight excluding hydrogens is 248 g/mol. The molecule has 0 aliphatic carbocycles. The number of halogens is 1. The zero-order chi connectivity index (χ0) is 13.0. The van der Waals surface area contributed by atoms with Crippen LogP contribution < -0.4 is 0 Å². The summed E-state index contributed by atoms with van der Waals surface area (Å²) in [4.78, 5) is 32.0. The topological polar surface area (TPSA) is 101 Å². The van der Waals surface area contributed by atoms with E-state index in [0.29, 0.717) is 6.29 Å². The molecule has 0 aliphatic heterocycles. The largest absolute Gasteiger partial charge is 0.298 e. The third-order valence-corrected chi connectivity index (χ3v) is 2.24. The molecule has 0 bridgehead atoms. The normalized spacial score (nSPS) is 9.41. The van der Waals surface area contributed by atoms with Crippen molar-refractivity contribution in [2.24, 2.45) is 0 Å². The summed E-state index contributed by atoms with van der Waals surface area (Å²) >= 11 is 5.31. The number of nitro groups is 1. The number of ketones is 1. The van der Waals surface area contributed by atoms with E-state index in [1.165, 1.54) is 0 Å². The van der Waals surface area contributed by atoms with E-state index in [1.807, 2.05) is 0 Å². The molecule has 1 rings (SSSR count). The first-order valence-corrected chi connectivity index (χ1v) is 4.85. The number of nitrogens with zero attached hydrogens (tertiary/aromatic N) is 2. The highest BCUT2D eigenvalue weighted by molar-refractivity contribution is 6.31. The van der Waals surface area contributed by atoms with Crippen molar-refractivity contribution in [1.29, 1.82) is 5.26 Å². The summed E-state index contributed by atoms with van der Waals surface area (Å²) in [7, 11) is 0. The van der Waals surface area contributed by atoms with Crippen molar-refractivity contribution in [1.82, 2.24) is 0 Å². The second kappa shape index (κ2) is 5.18. The van der Waals surface area contributed by atoms with Crippen LogP contribution in [0, 0.1) is 21.4 Å². The molecule has 0 aromatic heterocycles. The molecule has 0 saturated heterocycles. The lowest BCUT2D eigenvalue weighted by Crippen LogP contribution is -2.08. The molecule has 1 aromatic carbocycles. The van der Waals surface area contributed by atoms with Crippen LogP contribution in [-0.2, 0) is 0 Å². The number of nitro benzene ring substituents is 1. The molecule has 7 heteroatoms. The van der Waals surface area contributed by atoms with Gasteiger partial charge in [-0.3, -0.25) is 19.7 Å². The Hall–Kier alpha value is -2.26. The second-order valence-corrected chi connectivity index (χ2v) is 3.28. The van der Waals surface area contributed by atoms with Crippen LogP contribution >= 0.6 is 11.6 Å². The SMILES string of the molecule is N#Cc1cc(C=O)cc(C(=O)CCl)c1[N+](=O)[O-]. The number of carbonyl (C=O) groups excluding carboxylic acids is 2. The molecule has 6 nitrogen and oxygen atoms in total. The molecule has 86 valence electrons.